The summed E-state index contributed by atoms with van der Waals surface area (Å²) in [5, 5.41) is 7.47. The van der Waals surface area contributed by atoms with Crippen LogP contribution in [0.2, 0.25) is 0 Å². The van der Waals surface area contributed by atoms with Gasteiger partial charge in [-0.2, -0.15) is 4.39 Å². The highest BCUT2D eigenvalue weighted by molar-refractivity contribution is 5.93. The Balaban J connectivity index is 2.12. The summed E-state index contributed by atoms with van der Waals surface area (Å²) in [6, 6.07) is 4.85. The smallest absolute Gasteiger partial charge is 0.218 e. The minimum atomic E-state index is -0.573. The van der Waals surface area contributed by atoms with Gasteiger partial charge in [0, 0.05) is 12.6 Å². The van der Waals surface area contributed by atoms with E-state index >= 15 is 0 Å². The molecule has 2 heterocycles. The molecule has 3 N–H and O–H groups in total. The van der Waals surface area contributed by atoms with Crippen molar-refractivity contribution in [1.82, 2.24) is 14.4 Å². The number of hydrogen-bond acceptors (Lipinski definition) is 3. The number of imidazole rings is 1. The van der Waals surface area contributed by atoms with Gasteiger partial charge in [0.1, 0.15) is 17.3 Å². The molecule has 0 fully saturated rings. The van der Waals surface area contributed by atoms with Crippen LogP contribution < -0.4 is 5.73 Å². The molecule has 112 valence electrons. The van der Waals surface area contributed by atoms with Crippen molar-refractivity contribution in [3.63, 3.8) is 0 Å². The average molecular weight is 301 g/mol. The maximum atomic E-state index is 13.7. The summed E-state index contributed by atoms with van der Waals surface area (Å²) in [4.78, 5) is 8.21. The highest BCUT2D eigenvalue weighted by Crippen LogP contribution is 2.17. The van der Waals surface area contributed by atoms with Crippen LogP contribution in [0.25, 0.3) is 5.65 Å². The molecule has 0 bridgehead atoms. The van der Waals surface area contributed by atoms with E-state index in [9.17, 15) is 8.78 Å². The summed E-state index contributed by atoms with van der Waals surface area (Å²) in [5.41, 5.74) is 7.56. The van der Waals surface area contributed by atoms with Gasteiger partial charge in [-0.1, -0.05) is 12.1 Å². The van der Waals surface area contributed by atoms with Gasteiger partial charge in [0.2, 0.25) is 5.95 Å². The van der Waals surface area contributed by atoms with Gasteiger partial charge in [-0.15, -0.1) is 0 Å². The lowest BCUT2D eigenvalue weighted by molar-refractivity contribution is 0.571. The zero-order valence-corrected chi connectivity index (χ0v) is 11.8. The highest BCUT2D eigenvalue weighted by Gasteiger charge is 2.13. The molecule has 0 saturated carbocycles. The predicted molar refractivity (Wildman–Crippen MR) is 77.9 cm³/mol. The molecule has 2 aromatic heterocycles. The normalized spacial score (nSPS) is 11.0. The van der Waals surface area contributed by atoms with Crippen LogP contribution in [0.15, 0.2) is 30.6 Å². The highest BCUT2D eigenvalue weighted by atomic mass is 19.1. The number of nitrogens with one attached hydrogen (secondary N) is 1. The number of amidine groups is 1. The zero-order chi connectivity index (χ0) is 15.9. The van der Waals surface area contributed by atoms with Crippen LogP contribution in [0, 0.1) is 24.1 Å². The lowest BCUT2D eigenvalue weighted by Gasteiger charge is -2.07. The largest absolute Gasteiger partial charge is 0.382 e. The van der Waals surface area contributed by atoms with E-state index in [1.807, 2.05) is 0 Å². The fraction of sp³-hybridized carbons (Fsp3) is 0.133. The molecule has 0 aliphatic heterocycles. The fourth-order valence-corrected chi connectivity index (χ4v) is 2.21. The van der Waals surface area contributed by atoms with Gasteiger partial charge in [0.15, 0.2) is 5.65 Å². The summed E-state index contributed by atoms with van der Waals surface area (Å²) >= 11 is 0. The van der Waals surface area contributed by atoms with E-state index in [1.54, 1.807) is 19.1 Å². The Morgan fingerprint density at radius 1 is 1.36 bits per heavy atom. The lowest BCUT2D eigenvalue weighted by atomic mass is 10.1. The first kappa shape index (κ1) is 14.1. The van der Waals surface area contributed by atoms with Crippen molar-refractivity contribution in [3.8, 4) is 0 Å². The van der Waals surface area contributed by atoms with Crippen molar-refractivity contribution in [2.45, 2.75) is 13.3 Å². The molecule has 0 unspecified atom stereocenters. The van der Waals surface area contributed by atoms with Crippen LogP contribution in [-0.2, 0) is 6.42 Å². The lowest BCUT2D eigenvalue weighted by Crippen LogP contribution is -2.16. The Kier molecular flexibility index (Phi) is 3.32. The van der Waals surface area contributed by atoms with Gasteiger partial charge in [-0.05, 0) is 24.1 Å². The molecule has 22 heavy (non-hydrogen) atoms. The molecule has 7 heteroatoms. The number of aromatic nitrogens is 3. The number of nitrogens with two attached hydrogens (primary N) is 1. The van der Waals surface area contributed by atoms with Crippen molar-refractivity contribution in [2.75, 3.05) is 0 Å². The summed E-state index contributed by atoms with van der Waals surface area (Å²) in [7, 11) is 0. The van der Waals surface area contributed by atoms with E-state index in [4.69, 9.17) is 11.1 Å². The number of halogens is 2. The second kappa shape index (κ2) is 5.18. The van der Waals surface area contributed by atoms with Crippen molar-refractivity contribution in [3.05, 3.63) is 64.9 Å². The second-order valence-electron chi connectivity index (χ2n) is 5.02. The molecule has 0 saturated heterocycles. The topological polar surface area (TPSA) is 80.1 Å². The Bertz CT molecular complexity index is 885. The Labute approximate surface area is 124 Å². The standard InChI is InChI=1S/C15H13F2N5/c1-8-2-3-9(4-10(8)16)5-11-15-20-6-13(17)22(15)7-12(21-11)14(18)19/h2-4,6-7H,5H2,1H3,(H3,18,19). The predicted octanol–water partition coefficient (Wildman–Crippen LogP) is 2.19. The molecule has 3 rings (SSSR count). The van der Waals surface area contributed by atoms with Crippen LogP contribution >= 0.6 is 0 Å². The number of nitrogens with zero attached hydrogens (tertiary/aromatic N) is 3. The average Bonchev–Trinajstić information content (AvgIpc) is 2.85. The van der Waals surface area contributed by atoms with Crippen LogP contribution in [0.4, 0.5) is 8.78 Å². The van der Waals surface area contributed by atoms with E-state index in [2.05, 4.69) is 9.97 Å². The number of nitrogen functional groups attached to an aromatic ring is 1. The van der Waals surface area contributed by atoms with Crippen molar-refractivity contribution in [1.29, 1.82) is 5.41 Å². The maximum absolute atomic E-state index is 13.7. The monoisotopic (exact) mass is 301 g/mol. The van der Waals surface area contributed by atoms with Gasteiger partial charge >= 0.3 is 0 Å². The van der Waals surface area contributed by atoms with E-state index in [-0.39, 0.29) is 23.8 Å². The van der Waals surface area contributed by atoms with Crippen LogP contribution in [0.5, 0.6) is 0 Å². The summed E-state index contributed by atoms with van der Waals surface area (Å²) in [6.45, 7) is 1.68. The van der Waals surface area contributed by atoms with Crippen LogP contribution in [0.1, 0.15) is 22.5 Å². The summed E-state index contributed by atoms with van der Waals surface area (Å²) < 4.78 is 28.6. The van der Waals surface area contributed by atoms with Gasteiger partial charge < -0.3 is 5.73 Å². The number of benzene rings is 1. The number of fused-ring (bicyclic) bond motifs is 1. The van der Waals surface area contributed by atoms with E-state index in [0.717, 1.165) is 6.20 Å². The molecule has 0 amide bonds. The molecule has 0 atom stereocenters. The third-order valence-electron chi connectivity index (χ3n) is 3.40. The molecule has 3 aromatic rings. The zero-order valence-electron chi connectivity index (χ0n) is 11.8. The first-order valence-electron chi connectivity index (χ1n) is 6.57. The first-order chi connectivity index (χ1) is 10.5. The number of aryl methyl sites for hydroxylation is 1. The van der Waals surface area contributed by atoms with E-state index < -0.39 is 5.95 Å². The molecule has 5 nitrogen and oxygen atoms in total. The molecule has 1 aromatic carbocycles. The van der Waals surface area contributed by atoms with Crippen LogP contribution in [0.3, 0.4) is 0 Å². The van der Waals surface area contributed by atoms with Crippen molar-refractivity contribution in [2.24, 2.45) is 5.73 Å². The molecule has 0 aliphatic carbocycles. The SMILES string of the molecule is Cc1ccc(Cc2nc(C(=N)N)cn3c(F)cnc23)cc1F. The molecule has 0 spiro atoms. The summed E-state index contributed by atoms with van der Waals surface area (Å²) in [5.74, 6) is -1.16. The van der Waals surface area contributed by atoms with Crippen molar-refractivity contribution >= 4 is 11.5 Å². The van der Waals surface area contributed by atoms with Gasteiger partial charge in [-0.3, -0.25) is 9.81 Å². The molecule has 0 aliphatic rings. The minimum Gasteiger partial charge on any atom is -0.382 e. The van der Waals surface area contributed by atoms with Crippen molar-refractivity contribution < 1.29 is 8.78 Å². The van der Waals surface area contributed by atoms with Gasteiger partial charge in [0.25, 0.3) is 0 Å². The molecule has 0 radical (unpaired) electrons. The quantitative estimate of drug-likeness (QED) is 0.575. The second-order valence-corrected chi connectivity index (χ2v) is 5.02. The maximum Gasteiger partial charge on any atom is 0.218 e. The Hall–Kier alpha value is -2.83. The van der Waals surface area contributed by atoms with Gasteiger partial charge in [-0.25, -0.2) is 14.4 Å². The van der Waals surface area contributed by atoms with Gasteiger partial charge in [0.05, 0.1) is 11.9 Å². The number of rotatable bonds is 3. The van der Waals surface area contributed by atoms with E-state index in [1.165, 1.54) is 16.7 Å². The Morgan fingerprint density at radius 3 is 2.82 bits per heavy atom. The minimum absolute atomic E-state index is 0.145. The van der Waals surface area contributed by atoms with E-state index in [0.29, 0.717) is 22.5 Å². The summed E-state index contributed by atoms with van der Waals surface area (Å²) in [6.07, 6.45) is 2.65. The third-order valence-corrected chi connectivity index (χ3v) is 3.40. The third kappa shape index (κ3) is 2.41. The fourth-order valence-electron chi connectivity index (χ4n) is 2.21. The molecular weight excluding hydrogens is 288 g/mol. The Morgan fingerprint density at radius 2 is 2.14 bits per heavy atom. The number of hydrogen-bond donors (Lipinski definition) is 2. The van der Waals surface area contributed by atoms with Crippen LogP contribution in [-0.4, -0.2) is 20.2 Å². The first-order valence-corrected chi connectivity index (χ1v) is 6.57. The molecular formula is C15H13F2N5.